The summed E-state index contributed by atoms with van der Waals surface area (Å²) in [5, 5.41) is 0. The molecule has 12 heavy (non-hydrogen) atoms. The van der Waals surface area contributed by atoms with E-state index in [1.807, 2.05) is 0 Å². The molecule has 0 amide bonds. The van der Waals surface area contributed by atoms with Crippen molar-refractivity contribution in [2.75, 3.05) is 0 Å². The van der Waals surface area contributed by atoms with E-state index in [-0.39, 0.29) is 32.1 Å². The molecule has 0 fully saturated rings. The molecule has 0 unspecified atom stereocenters. The summed E-state index contributed by atoms with van der Waals surface area (Å²) in [5.41, 5.74) is 0. The van der Waals surface area contributed by atoms with Crippen molar-refractivity contribution in [3.05, 3.63) is 0 Å². The second kappa shape index (κ2) is 6.79. The Morgan fingerprint density at radius 2 is 1.67 bits per heavy atom. The topological polar surface area (TPSA) is 77.5 Å². The van der Waals surface area contributed by atoms with Crippen molar-refractivity contribution in [3.63, 3.8) is 0 Å². The maximum atomic E-state index is 10.5. The maximum absolute atomic E-state index is 10.5. The van der Waals surface area contributed by atoms with Crippen molar-refractivity contribution in [2.45, 2.75) is 6.92 Å². The number of ether oxygens (including phenoxy) is 1. The fourth-order valence-electron chi connectivity index (χ4n) is 0.353. The first-order valence-electron chi connectivity index (χ1n) is 2.74. The van der Waals surface area contributed by atoms with Gasteiger partial charge in [0.25, 0.3) is 0 Å². The van der Waals surface area contributed by atoms with Gasteiger partial charge in [-0.3, -0.25) is 9.59 Å². The molecule has 0 atom stereocenters. The normalized spacial score (nSPS) is 8.17. The molecule has 0 aromatic carbocycles. The first-order chi connectivity index (χ1) is 5.11. The molecule has 0 aliphatic heterocycles. The van der Waals surface area contributed by atoms with Crippen LogP contribution >= 0.6 is 0 Å². The zero-order valence-corrected chi connectivity index (χ0v) is 7.75. The van der Waals surface area contributed by atoms with E-state index < -0.39 is 17.9 Å². The third kappa shape index (κ3) is 4.85. The molecule has 0 heterocycles. The molecule has 69 valence electrons. The molecule has 0 rings (SSSR count). The third-order valence-electron chi connectivity index (χ3n) is 0.810. The van der Waals surface area contributed by atoms with Crippen LogP contribution in [0.2, 0.25) is 0 Å². The van der Waals surface area contributed by atoms with Gasteiger partial charge in [-0.15, -0.1) is 0 Å². The Morgan fingerprint density at radius 3 is 1.92 bits per heavy atom. The first-order valence-corrected chi connectivity index (χ1v) is 2.74. The Balaban J connectivity index is 0. The van der Waals surface area contributed by atoms with Gasteiger partial charge in [0.05, 0.1) is 0 Å². The molecule has 0 N–H and O–H groups in total. The summed E-state index contributed by atoms with van der Waals surface area (Å²) in [7, 11) is 0. The number of rotatable bonds is 3. The number of carbonyl (C=O) groups is 4. The van der Waals surface area contributed by atoms with Crippen LogP contribution in [0.5, 0.6) is 0 Å². The average molecular weight is 261 g/mol. The number of hydrogen-bond donors (Lipinski definition) is 0. The Bertz CT molecular complexity index is 192. The van der Waals surface area contributed by atoms with Crippen molar-refractivity contribution >= 4 is 24.5 Å². The zero-order chi connectivity index (χ0) is 8.85. The molecule has 6 heteroatoms. The zero-order valence-electron chi connectivity index (χ0n) is 6.11. The fourth-order valence-corrected chi connectivity index (χ4v) is 0.353. The SMILES string of the molecule is CC(=O)OC(=O)C(C=O)C=O.[Rh]. The summed E-state index contributed by atoms with van der Waals surface area (Å²) in [5.74, 6) is -3.47. The molecule has 1 radical (unpaired) electrons. The summed E-state index contributed by atoms with van der Waals surface area (Å²) < 4.78 is 3.95. The maximum Gasteiger partial charge on any atom is 0.331 e. The minimum atomic E-state index is -1.49. The Hall–Kier alpha value is -0.897. The van der Waals surface area contributed by atoms with Gasteiger partial charge in [-0.25, -0.2) is 0 Å². The van der Waals surface area contributed by atoms with Crippen molar-refractivity contribution in [2.24, 2.45) is 5.92 Å². The quantitative estimate of drug-likeness (QED) is 0.284. The van der Waals surface area contributed by atoms with E-state index in [1.54, 1.807) is 0 Å². The van der Waals surface area contributed by atoms with Gasteiger partial charge in [0.15, 0.2) is 5.92 Å². The summed E-state index contributed by atoms with van der Waals surface area (Å²) in [6.07, 6.45) is 0.219. The molecular weight excluding hydrogens is 255 g/mol. The van der Waals surface area contributed by atoms with Crippen LogP contribution in [0, 0.1) is 5.92 Å². The van der Waals surface area contributed by atoms with E-state index in [9.17, 15) is 19.2 Å². The monoisotopic (exact) mass is 261 g/mol. The van der Waals surface area contributed by atoms with Crippen molar-refractivity contribution < 1.29 is 43.4 Å². The predicted octanol–water partition coefficient (Wildman–Crippen LogP) is -0.912. The fraction of sp³-hybridized carbons (Fsp3) is 0.333. The second-order valence-corrected chi connectivity index (χ2v) is 1.71. The van der Waals surface area contributed by atoms with Gasteiger partial charge in [0, 0.05) is 26.4 Å². The molecular formula is C6H6O5Rh. The Kier molecular flexibility index (Phi) is 7.74. The van der Waals surface area contributed by atoms with Crippen LogP contribution in [-0.2, 0) is 43.4 Å². The molecule has 5 nitrogen and oxygen atoms in total. The Labute approximate surface area is 81.2 Å². The number of esters is 2. The average Bonchev–Trinajstić information content (AvgIpc) is 1.88. The summed E-state index contributed by atoms with van der Waals surface area (Å²) in [6.45, 7) is 1.00. The predicted molar refractivity (Wildman–Crippen MR) is 32.4 cm³/mol. The number of hydrogen-bond acceptors (Lipinski definition) is 5. The van der Waals surface area contributed by atoms with E-state index in [1.165, 1.54) is 0 Å². The van der Waals surface area contributed by atoms with Crippen LogP contribution in [0.25, 0.3) is 0 Å². The summed E-state index contributed by atoms with van der Waals surface area (Å²) in [6, 6.07) is 0. The number of aldehydes is 2. The van der Waals surface area contributed by atoms with Gasteiger partial charge in [0.1, 0.15) is 12.6 Å². The first kappa shape index (κ1) is 13.7. The summed E-state index contributed by atoms with van der Waals surface area (Å²) in [4.78, 5) is 40.5. The number of carbonyl (C=O) groups excluding carboxylic acids is 4. The van der Waals surface area contributed by atoms with Crippen molar-refractivity contribution in [1.82, 2.24) is 0 Å². The van der Waals surface area contributed by atoms with E-state index >= 15 is 0 Å². The molecule has 0 aliphatic rings. The van der Waals surface area contributed by atoms with Gasteiger partial charge in [-0.05, 0) is 0 Å². The third-order valence-corrected chi connectivity index (χ3v) is 0.810. The van der Waals surface area contributed by atoms with Crippen molar-refractivity contribution in [1.29, 1.82) is 0 Å². The van der Waals surface area contributed by atoms with Crippen LogP contribution in [-0.4, -0.2) is 24.5 Å². The molecule has 0 aromatic heterocycles. The largest absolute Gasteiger partial charge is 0.392 e. The van der Waals surface area contributed by atoms with Crippen LogP contribution in [0.1, 0.15) is 6.92 Å². The van der Waals surface area contributed by atoms with E-state index in [0.717, 1.165) is 6.92 Å². The smallest absolute Gasteiger partial charge is 0.331 e. The van der Waals surface area contributed by atoms with Crippen LogP contribution in [0.4, 0.5) is 0 Å². The second-order valence-electron chi connectivity index (χ2n) is 1.71. The molecule has 0 saturated heterocycles. The standard InChI is InChI=1S/C6H6O5.Rh/c1-4(9)11-6(10)5(2-7)3-8;/h2-3,5H,1H3;. The van der Waals surface area contributed by atoms with Gasteiger partial charge in [-0.1, -0.05) is 0 Å². The molecule has 0 saturated carbocycles. The van der Waals surface area contributed by atoms with Gasteiger partial charge in [-0.2, -0.15) is 0 Å². The van der Waals surface area contributed by atoms with Crippen LogP contribution in [0.15, 0.2) is 0 Å². The Morgan fingerprint density at radius 1 is 1.25 bits per heavy atom. The molecule has 0 spiro atoms. The van der Waals surface area contributed by atoms with E-state index in [4.69, 9.17) is 0 Å². The van der Waals surface area contributed by atoms with E-state index in [2.05, 4.69) is 4.74 Å². The molecule has 0 bridgehead atoms. The van der Waals surface area contributed by atoms with Crippen LogP contribution < -0.4 is 0 Å². The van der Waals surface area contributed by atoms with Gasteiger partial charge >= 0.3 is 11.9 Å². The van der Waals surface area contributed by atoms with Crippen LogP contribution in [0.3, 0.4) is 0 Å². The van der Waals surface area contributed by atoms with Gasteiger partial charge in [0.2, 0.25) is 0 Å². The van der Waals surface area contributed by atoms with Crippen molar-refractivity contribution in [3.8, 4) is 0 Å². The molecule has 0 aliphatic carbocycles. The van der Waals surface area contributed by atoms with E-state index in [0.29, 0.717) is 0 Å². The minimum Gasteiger partial charge on any atom is -0.392 e. The minimum absolute atomic E-state index is 0. The summed E-state index contributed by atoms with van der Waals surface area (Å²) >= 11 is 0. The van der Waals surface area contributed by atoms with Gasteiger partial charge < -0.3 is 14.3 Å². The molecule has 0 aromatic rings.